The van der Waals surface area contributed by atoms with Crippen LogP contribution < -0.4 is 5.73 Å². The average Bonchev–Trinajstić information content (AvgIpc) is 2.48. The van der Waals surface area contributed by atoms with E-state index in [9.17, 15) is 9.00 Å². The summed E-state index contributed by atoms with van der Waals surface area (Å²) in [5, 5.41) is -1.04. The topological polar surface area (TPSA) is 60.2 Å². The molecule has 2 aromatic carbocycles. The Morgan fingerprint density at radius 2 is 1.35 bits per heavy atom. The summed E-state index contributed by atoms with van der Waals surface area (Å²) in [6.45, 7) is 1.61. The Morgan fingerprint density at radius 1 is 0.950 bits per heavy atom. The van der Waals surface area contributed by atoms with E-state index >= 15 is 0 Å². The van der Waals surface area contributed by atoms with Crippen LogP contribution in [0.4, 0.5) is 0 Å². The number of primary amides is 1. The van der Waals surface area contributed by atoms with Gasteiger partial charge in [0.25, 0.3) is 0 Å². The molecule has 0 fully saturated rings. The molecule has 0 radical (unpaired) electrons. The molecule has 4 heteroatoms. The average molecular weight is 287 g/mol. The molecule has 0 spiro atoms. The van der Waals surface area contributed by atoms with Gasteiger partial charge in [-0.05, 0) is 18.1 Å². The van der Waals surface area contributed by atoms with Gasteiger partial charge in [-0.2, -0.15) is 0 Å². The molecule has 2 unspecified atom stereocenters. The second kappa shape index (κ2) is 6.48. The summed E-state index contributed by atoms with van der Waals surface area (Å²) in [5.41, 5.74) is 7.14. The standard InChI is InChI=1S/C16H17NO2S/c1-12(16(17)18)20(19)15(13-8-4-2-5-9-13)14-10-6-3-7-11-14/h2-12,15H,1H3,(H2,17,18). The molecule has 20 heavy (non-hydrogen) atoms. The van der Waals surface area contributed by atoms with Crippen LogP contribution in [0.5, 0.6) is 0 Å². The van der Waals surface area contributed by atoms with Crippen molar-refractivity contribution in [2.24, 2.45) is 5.73 Å². The summed E-state index contributed by atoms with van der Waals surface area (Å²) in [4.78, 5) is 11.3. The van der Waals surface area contributed by atoms with Gasteiger partial charge < -0.3 is 5.73 Å². The van der Waals surface area contributed by atoms with Gasteiger partial charge in [-0.25, -0.2) is 0 Å². The van der Waals surface area contributed by atoms with E-state index in [4.69, 9.17) is 5.73 Å². The molecule has 0 saturated heterocycles. The van der Waals surface area contributed by atoms with Crippen LogP contribution in [0.1, 0.15) is 23.3 Å². The van der Waals surface area contributed by atoms with Crippen molar-refractivity contribution in [1.82, 2.24) is 0 Å². The quantitative estimate of drug-likeness (QED) is 0.918. The van der Waals surface area contributed by atoms with Gasteiger partial charge in [0.1, 0.15) is 5.25 Å². The fourth-order valence-corrected chi connectivity index (χ4v) is 3.52. The Kier molecular flexibility index (Phi) is 4.69. The molecule has 2 rings (SSSR count). The lowest BCUT2D eigenvalue weighted by atomic mass is 10.0. The number of benzene rings is 2. The molecule has 3 nitrogen and oxygen atoms in total. The van der Waals surface area contributed by atoms with E-state index in [1.807, 2.05) is 60.7 Å². The number of nitrogens with two attached hydrogens (primary N) is 1. The number of rotatable bonds is 5. The molecule has 0 bridgehead atoms. The highest BCUT2D eigenvalue weighted by molar-refractivity contribution is 7.86. The van der Waals surface area contributed by atoms with Crippen molar-refractivity contribution in [2.75, 3.05) is 0 Å². The van der Waals surface area contributed by atoms with Crippen molar-refractivity contribution in [3.63, 3.8) is 0 Å². The largest absolute Gasteiger partial charge is 0.369 e. The van der Waals surface area contributed by atoms with E-state index in [2.05, 4.69) is 0 Å². The lowest BCUT2D eigenvalue weighted by Gasteiger charge is -2.20. The van der Waals surface area contributed by atoms with Crippen LogP contribution in [0.15, 0.2) is 60.7 Å². The van der Waals surface area contributed by atoms with Gasteiger partial charge in [0, 0.05) is 10.8 Å². The minimum atomic E-state index is -1.41. The third-order valence-electron chi connectivity index (χ3n) is 3.19. The third kappa shape index (κ3) is 3.14. The zero-order chi connectivity index (χ0) is 14.5. The van der Waals surface area contributed by atoms with Crippen molar-refractivity contribution in [3.05, 3.63) is 71.8 Å². The van der Waals surface area contributed by atoms with Crippen LogP contribution in [-0.2, 0) is 15.6 Å². The maximum absolute atomic E-state index is 12.7. The first-order valence-corrected chi connectivity index (χ1v) is 7.67. The molecule has 2 aromatic rings. The molecule has 0 aliphatic carbocycles. The summed E-state index contributed by atoms with van der Waals surface area (Å²) in [5.74, 6) is -0.541. The van der Waals surface area contributed by atoms with Crippen LogP contribution in [0.3, 0.4) is 0 Å². The Labute approximate surface area is 121 Å². The SMILES string of the molecule is CC(C(N)=O)S(=O)C(c1ccccc1)c1ccccc1. The zero-order valence-corrected chi connectivity index (χ0v) is 12.0. The molecule has 104 valence electrons. The summed E-state index contributed by atoms with van der Waals surface area (Å²) in [6.07, 6.45) is 0. The van der Waals surface area contributed by atoms with Crippen LogP contribution in [-0.4, -0.2) is 15.4 Å². The maximum Gasteiger partial charge on any atom is 0.232 e. The fourth-order valence-electron chi connectivity index (χ4n) is 2.03. The molecular weight excluding hydrogens is 270 g/mol. The molecule has 0 aliphatic heterocycles. The highest BCUT2D eigenvalue weighted by Gasteiger charge is 2.28. The van der Waals surface area contributed by atoms with E-state index in [0.717, 1.165) is 11.1 Å². The number of amides is 1. The molecular formula is C16H17NO2S. The summed E-state index contributed by atoms with van der Waals surface area (Å²) >= 11 is 0. The van der Waals surface area contributed by atoms with E-state index in [1.165, 1.54) is 0 Å². The third-order valence-corrected chi connectivity index (χ3v) is 5.12. The van der Waals surface area contributed by atoms with Gasteiger partial charge in [-0.1, -0.05) is 60.7 Å². The van der Waals surface area contributed by atoms with Gasteiger partial charge in [-0.3, -0.25) is 9.00 Å². The minimum Gasteiger partial charge on any atom is -0.369 e. The van der Waals surface area contributed by atoms with E-state index in [1.54, 1.807) is 6.92 Å². The number of hydrogen-bond acceptors (Lipinski definition) is 2. The van der Waals surface area contributed by atoms with Gasteiger partial charge in [0.15, 0.2) is 0 Å². The Morgan fingerprint density at radius 3 is 1.70 bits per heavy atom. The monoisotopic (exact) mass is 287 g/mol. The molecule has 2 atom stereocenters. The van der Waals surface area contributed by atoms with Crippen LogP contribution >= 0.6 is 0 Å². The normalized spacial score (nSPS) is 13.9. The van der Waals surface area contributed by atoms with Crippen molar-refractivity contribution < 1.29 is 9.00 Å². The summed E-state index contributed by atoms with van der Waals surface area (Å²) in [6, 6.07) is 19.1. The molecule has 0 aromatic heterocycles. The van der Waals surface area contributed by atoms with Crippen molar-refractivity contribution in [3.8, 4) is 0 Å². The Bertz CT molecular complexity index is 559. The minimum absolute atomic E-state index is 0.347. The first kappa shape index (κ1) is 14.5. The molecule has 1 amide bonds. The van der Waals surface area contributed by atoms with Gasteiger partial charge in [-0.15, -0.1) is 0 Å². The van der Waals surface area contributed by atoms with E-state index < -0.39 is 22.0 Å². The highest BCUT2D eigenvalue weighted by Crippen LogP contribution is 2.29. The molecule has 2 N–H and O–H groups in total. The smallest absolute Gasteiger partial charge is 0.232 e. The Balaban J connectivity index is 2.46. The van der Waals surface area contributed by atoms with Crippen molar-refractivity contribution in [1.29, 1.82) is 0 Å². The summed E-state index contributed by atoms with van der Waals surface area (Å²) in [7, 11) is -1.41. The van der Waals surface area contributed by atoms with E-state index in [0.29, 0.717) is 0 Å². The molecule has 0 aliphatic rings. The number of carbonyl (C=O) groups is 1. The Hall–Kier alpha value is -1.94. The first-order chi connectivity index (χ1) is 9.61. The predicted octanol–water partition coefficient (Wildman–Crippen LogP) is 2.40. The second-order valence-electron chi connectivity index (χ2n) is 4.57. The predicted molar refractivity (Wildman–Crippen MR) is 81.5 cm³/mol. The number of carbonyl (C=O) groups excluding carboxylic acids is 1. The molecule has 0 saturated carbocycles. The van der Waals surface area contributed by atoms with Crippen molar-refractivity contribution in [2.45, 2.75) is 17.4 Å². The zero-order valence-electron chi connectivity index (χ0n) is 11.2. The van der Waals surface area contributed by atoms with Crippen molar-refractivity contribution >= 4 is 16.7 Å². The van der Waals surface area contributed by atoms with Crippen LogP contribution in [0, 0.1) is 0 Å². The fraction of sp³-hybridized carbons (Fsp3) is 0.188. The molecule has 0 heterocycles. The van der Waals surface area contributed by atoms with Gasteiger partial charge in [0.2, 0.25) is 5.91 Å². The maximum atomic E-state index is 12.7. The second-order valence-corrected chi connectivity index (χ2v) is 6.41. The lowest BCUT2D eigenvalue weighted by molar-refractivity contribution is -0.117. The number of hydrogen-bond donors (Lipinski definition) is 1. The van der Waals surface area contributed by atoms with E-state index in [-0.39, 0.29) is 5.25 Å². The lowest BCUT2D eigenvalue weighted by Crippen LogP contribution is -2.32. The first-order valence-electron chi connectivity index (χ1n) is 6.40. The van der Waals surface area contributed by atoms with Gasteiger partial charge in [0.05, 0.1) is 5.25 Å². The highest BCUT2D eigenvalue weighted by atomic mass is 32.2. The van der Waals surface area contributed by atoms with Crippen LogP contribution in [0.2, 0.25) is 0 Å². The summed E-state index contributed by atoms with van der Waals surface area (Å²) < 4.78 is 12.7. The van der Waals surface area contributed by atoms with Crippen LogP contribution in [0.25, 0.3) is 0 Å². The van der Waals surface area contributed by atoms with Gasteiger partial charge >= 0.3 is 0 Å².